The summed E-state index contributed by atoms with van der Waals surface area (Å²) in [6, 6.07) is 38.5. The van der Waals surface area contributed by atoms with Crippen molar-refractivity contribution in [3.63, 3.8) is 0 Å². The van der Waals surface area contributed by atoms with Gasteiger partial charge in [-0.25, -0.2) is 0 Å². The molecule has 2 nitrogen and oxygen atoms in total. The molecule has 7 aromatic rings. The molecule has 2 heterocycles. The monoisotopic (exact) mass is 432 g/mol. The lowest BCUT2D eigenvalue weighted by Crippen LogP contribution is -1.95. The number of hydrogen-bond acceptors (Lipinski definition) is 2. The number of pyridine rings is 2. The first-order chi connectivity index (χ1) is 16.9. The Bertz CT molecular complexity index is 1700. The molecule has 0 aliphatic rings. The third kappa shape index (κ3) is 2.69. The maximum absolute atomic E-state index is 4.82. The van der Waals surface area contributed by atoms with Gasteiger partial charge in [0.25, 0.3) is 0 Å². The fourth-order valence-corrected chi connectivity index (χ4v) is 5.40. The molecule has 0 aliphatic carbocycles. The molecule has 0 saturated carbocycles. The third-order valence-corrected chi connectivity index (χ3v) is 6.74. The van der Waals surface area contributed by atoms with Crippen molar-refractivity contribution >= 4 is 43.1 Å². The van der Waals surface area contributed by atoms with E-state index in [9.17, 15) is 0 Å². The molecule has 5 aromatic carbocycles. The summed E-state index contributed by atoms with van der Waals surface area (Å²) in [7, 11) is 0. The predicted octanol–water partition coefficient (Wildman–Crippen LogP) is 8.42. The van der Waals surface area contributed by atoms with E-state index in [0.717, 1.165) is 11.4 Å². The second-order valence-electron chi connectivity index (χ2n) is 8.57. The van der Waals surface area contributed by atoms with Crippen molar-refractivity contribution < 1.29 is 0 Å². The molecule has 2 heteroatoms. The van der Waals surface area contributed by atoms with Crippen LogP contribution in [0.4, 0.5) is 0 Å². The van der Waals surface area contributed by atoms with Crippen molar-refractivity contribution in [2.75, 3.05) is 0 Å². The van der Waals surface area contributed by atoms with Crippen LogP contribution in [0.25, 0.3) is 65.6 Å². The Hall–Kier alpha value is -4.56. The summed E-state index contributed by atoms with van der Waals surface area (Å²) < 4.78 is 0. The van der Waals surface area contributed by atoms with Crippen LogP contribution in [0.15, 0.2) is 122 Å². The zero-order chi connectivity index (χ0) is 22.5. The highest BCUT2D eigenvalue weighted by Crippen LogP contribution is 2.48. The average molecular weight is 433 g/mol. The zero-order valence-corrected chi connectivity index (χ0v) is 18.4. The number of nitrogens with zero attached hydrogens (tertiary/aromatic N) is 2. The van der Waals surface area contributed by atoms with Gasteiger partial charge in [-0.1, -0.05) is 84.9 Å². The molecule has 0 atom stereocenters. The van der Waals surface area contributed by atoms with Crippen LogP contribution in [0.5, 0.6) is 0 Å². The Labute approximate surface area is 197 Å². The van der Waals surface area contributed by atoms with Crippen LogP contribution in [0.1, 0.15) is 0 Å². The molecule has 158 valence electrons. The molecule has 2 aromatic heterocycles. The van der Waals surface area contributed by atoms with Crippen LogP contribution < -0.4 is 0 Å². The maximum Gasteiger partial charge on any atom is 0.0714 e. The van der Waals surface area contributed by atoms with Crippen LogP contribution in [0.3, 0.4) is 0 Å². The number of aromatic nitrogens is 2. The number of hydrogen-bond donors (Lipinski definition) is 0. The van der Waals surface area contributed by atoms with Gasteiger partial charge >= 0.3 is 0 Å². The van der Waals surface area contributed by atoms with Crippen molar-refractivity contribution in [1.29, 1.82) is 0 Å². The second kappa shape index (κ2) is 7.50. The first-order valence-electron chi connectivity index (χ1n) is 11.5. The predicted molar refractivity (Wildman–Crippen MR) is 143 cm³/mol. The number of benzene rings is 5. The lowest BCUT2D eigenvalue weighted by atomic mass is 9.83. The second-order valence-corrected chi connectivity index (χ2v) is 8.57. The van der Waals surface area contributed by atoms with Gasteiger partial charge in [0.1, 0.15) is 0 Å². The minimum Gasteiger partial charge on any atom is -0.256 e. The minimum atomic E-state index is 0.983. The lowest BCUT2D eigenvalue weighted by molar-refractivity contribution is 1.33. The van der Waals surface area contributed by atoms with E-state index in [1.54, 1.807) is 0 Å². The first-order valence-corrected chi connectivity index (χ1v) is 11.5. The van der Waals surface area contributed by atoms with Gasteiger partial charge < -0.3 is 0 Å². The highest BCUT2D eigenvalue weighted by atomic mass is 14.7. The van der Waals surface area contributed by atoms with Crippen molar-refractivity contribution in [3.8, 4) is 22.5 Å². The minimum absolute atomic E-state index is 0.983. The van der Waals surface area contributed by atoms with E-state index in [1.165, 1.54) is 54.2 Å². The van der Waals surface area contributed by atoms with E-state index >= 15 is 0 Å². The molecule has 0 spiro atoms. The summed E-state index contributed by atoms with van der Waals surface area (Å²) in [5.41, 5.74) is 4.31. The molecule has 7 rings (SSSR count). The van der Waals surface area contributed by atoms with Crippen molar-refractivity contribution in [2.45, 2.75) is 0 Å². The van der Waals surface area contributed by atoms with Gasteiger partial charge in [-0.15, -0.1) is 0 Å². The number of fused-ring (bicyclic) bond motifs is 7. The largest absolute Gasteiger partial charge is 0.256 e. The van der Waals surface area contributed by atoms with Gasteiger partial charge in [0, 0.05) is 34.3 Å². The standard InChI is InChI=1S/C32H20N2/c1-3-13-23-21(11-1)22-12-2-4-14-24(22)32-30(28-18-8-10-20-34-28)26-16-6-5-15-25(26)29(31(23)32)27-17-7-9-19-33-27/h1-20H. The van der Waals surface area contributed by atoms with Crippen LogP contribution in [0.2, 0.25) is 0 Å². The lowest BCUT2D eigenvalue weighted by Gasteiger charge is -2.20. The Morgan fingerprint density at radius 1 is 0.324 bits per heavy atom. The van der Waals surface area contributed by atoms with Crippen molar-refractivity contribution in [2.24, 2.45) is 0 Å². The van der Waals surface area contributed by atoms with Gasteiger partial charge in [-0.3, -0.25) is 9.97 Å². The Morgan fingerprint density at radius 2 is 0.676 bits per heavy atom. The van der Waals surface area contributed by atoms with Crippen LogP contribution in [0, 0.1) is 0 Å². The third-order valence-electron chi connectivity index (χ3n) is 6.74. The van der Waals surface area contributed by atoms with E-state index in [4.69, 9.17) is 9.97 Å². The van der Waals surface area contributed by atoms with Crippen molar-refractivity contribution in [3.05, 3.63) is 122 Å². The summed E-state index contributed by atoms with van der Waals surface area (Å²) in [6.45, 7) is 0. The molecule has 0 unspecified atom stereocenters. The fraction of sp³-hybridized carbons (Fsp3) is 0. The molecular weight excluding hydrogens is 412 g/mol. The molecular formula is C32H20N2. The Balaban J connectivity index is 1.89. The highest BCUT2D eigenvalue weighted by molar-refractivity contribution is 6.36. The molecule has 0 fully saturated rings. The summed E-state index contributed by atoms with van der Waals surface area (Å²) in [4.78, 5) is 9.65. The molecule has 0 aliphatic heterocycles. The quantitative estimate of drug-likeness (QED) is 0.202. The Morgan fingerprint density at radius 3 is 1.06 bits per heavy atom. The summed E-state index contributed by atoms with van der Waals surface area (Å²) in [5.74, 6) is 0. The molecule has 0 saturated heterocycles. The first kappa shape index (κ1) is 19.0. The fourth-order valence-electron chi connectivity index (χ4n) is 5.40. The topological polar surface area (TPSA) is 25.8 Å². The summed E-state index contributed by atoms with van der Waals surface area (Å²) in [5, 5.41) is 9.82. The summed E-state index contributed by atoms with van der Waals surface area (Å²) in [6.07, 6.45) is 3.76. The van der Waals surface area contributed by atoms with Crippen molar-refractivity contribution in [1.82, 2.24) is 9.97 Å². The highest BCUT2D eigenvalue weighted by Gasteiger charge is 2.22. The normalized spacial score (nSPS) is 11.5. The van der Waals surface area contributed by atoms with Gasteiger partial charge in [-0.05, 0) is 56.6 Å². The SMILES string of the molecule is c1ccc(-c2c3ccccc3c(-c3ccccn3)c3c4ccccc4c4ccccc4c23)nc1. The van der Waals surface area contributed by atoms with Gasteiger partial charge in [0.05, 0.1) is 11.4 Å². The van der Waals surface area contributed by atoms with E-state index in [0.29, 0.717) is 0 Å². The van der Waals surface area contributed by atoms with Gasteiger partial charge in [0.2, 0.25) is 0 Å². The van der Waals surface area contributed by atoms with Gasteiger partial charge in [-0.2, -0.15) is 0 Å². The Kier molecular flexibility index (Phi) is 4.18. The molecule has 34 heavy (non-hydrogen) atoms. The molecule has 0 radical (unpaired) electrons. The average Bonchev–Trinajstić information content (AvgIpc) is 2.93. The molecule has 0 bridgehead atoms. The van der Waals surface area contributed by atoms with E-state index in [1.807, 2.05) is 24.5 Å². The van der Waals surface area contributed by atoms with E-state index < -0.39 is 0 Å². The smallest absolute Gasteiger partial charge is 0.0714 e. The number of rotatable bonds is 2. The maximum atomic E-state index is 4.82. The molecule has 0 N–H and O–H groups in total. The van der Waals surface area contributed by atoms with Crippen LogP contribution in [-0.4, -0.2) is 9.97 Å². The van der Waals surface area contributed by atoms with Crippen LogP contribution >= 0.6 is 0 Å². The van der Waals surface area contributed by atoms with Crippen LogP contribution in [-0.2, 0) is 0 Å². The summed E-state index contributed by atoms with van der Waals surface area (Å²) >= 11 is 0. The van der Waals surface area contributed by atoms with E-state index in [2.05, 4.69) is 97.1 Å². The zero-order valence-electron chi connectivity index (χ0n) is 18.4. The molecule has 0 amide bonds. The van der Waals surface area contributed by atoms with E-state index in [-0.39, 0.29) is 0 Å². The van der Waals surface area contributed by atoms with Gasteiger partial charge in [0.15, 0.2) is 0 Å².